The number of aromatic carboxylic acids is 1. The van der Waals surface area contributed by atoms with E-state index < -0.39 is 11.9 Å². The molecule has 0 bridgehead atoms. The highest BCUT2D eigenvalue weighted by Gasteiger charge is 2.25. The summed E-state index contributed by atoms with van der Waals surface area (Å²) in [6.45, 7) is 9.56. The third kappa shape index (κ3) is 4.78. The summed E-state index contributed by atoms with van der Waals surface area (Å²) in [5, 5.41) is 9.50. The van der Waals surface area contributed by atoms with E-state index in [4.69, 9.17) is 14.2 Å². The predicted octanol–water partition coefficient (Wildman–Crippen LogP) is 5.79. The van der Waals surface area contributed by atoms with Crippen molar-refractivity contribution in [2.24, 2.45) is 0 Å². The van der Waals surface area contributed by atoms with Gasteiger partial charge in [-0.3, -0.25) is 0 Å². The van der Waals surface area contributed by atoms with Gasteiger partial charge in [0.25, 0.3) is 0 Å². The molecule has 0 fully saturated rings. The SMILES string of the molecule is CCCCOc1cc(C)c(C(=O)Oc2c(C)c(C)c(C(=O)O)c(C)c2Br)c(OC)c1. The van der Waals surface area contributed by atoms with E-state index in [1.54, 1.807) is 39.8 Å². The Morgan fingerprint density at radius 1 is 1.03 bits per heavy atom. The highest BCUT2D eigenvalue weighted by molar-refractivity contribution is 9.10. The molecule has 7 heteroatoms. The van der Waals surface area contributed by atoms with Gasteiger partial charge in [0.05, 0.1) is 23.8 Å². The van der Waals surface area contributed by atoms with E-state index in [9.17, 15) is 14.7 Å². The number of benzene rings is 2. The van der Waals surface area contributed by atoms with Crippen molar-refractivity contribution in [1.29, 1.82) is 0 Å². The highest BCUT2D eigenvalue weighted by Crippen LogP contribution is 2.38. The average molecular weight is 479 g/mol. The molecule has 30 heavy (non-hydrogen) atoms. The molecule has 162 valence electrons. The molecule has 0 amide bonds. The molecular weight excluding hydrogens is 452 g/mol. The molecule has 0 unspecified atom stereocenters. The molecule has 2 aromatic carbocycles. The minimum atomic E-state index is -1.03. The van der Waals surface area contributed by atoms with Gasteiger partial charge >= 0.3 is 11.9 Å². The number of halogens is 1. The number of hydrogen-bond acceptors (Lipinski definition) is 5. The molecule has 0 saturated heterocycles. The first kappa shape index (κ1) is 23.7. The average Bonchev–Trinajstić information content (AvgIpc) is 2.69. The van der Waals surface area contributed by atoms with Crippen LogP contribution in [0.4, 0.5) is 0 Å². The lowest BCUT2D eigenvalue weighted by Crippen LogP contribution is -2.15. The molecule has 0 atom stereocenters. The van der Waals surface area contributed by atoms with E-state index in [2.05, 4.69) is 22.9 Å². The van der Waals surface area contributed by atoms with Crippen LogP contribution >= 0.6 is 15.9 Å². The smallest absolute Gasteiger partial charge is 0.347 e. The first-order valence-electron chi connectivity index (χ1n) is 9.70. The van der Waals surface area contributed by atoms with Gasteiger partial charge in [-0.25, -0.2) is 9.59 Å². The molecule has 1 N–H and O–H groups in total. The summed E-state index contributed by atoms with van der Waals surface area (Å²) in [4.78, 5) is 24.7. The fraction of sp³-hybridized carbons (Fsp3) is 0.391. The van der Waals surface area contributed by atoms with E-state index in [1.165, 1.54) is 7.11 Å². The Labute approximate surface area is 185 Å². The molecule has 6 nitrogen and oxygen atoms in total. The fourth-order valence-corrected chi connectivity index (χ4v) is 3.81. The maximum Gasteiger partial charge on any atom is 0.347 e. The van der Waals surface area contributed by atoms with Crippen molar-refractivity contribution in [3.8, 4) is 17.2 Å². The number of aryl methyl sites for hydroxylation is 1. The van der Waals surface area contributed by atoms with Crippen LogP contribution in [-0.4, -0.2) is 30.8 Å². The van der Waals surface area contributed by atoms with Gasteiger partial charge < -0.3 is 19.3 Å². The number of esters is 1. The Balaban J connectivity index is 2.45. The molecule has 0 spiro atoms. The Morgan fingerprint density at radius 3 is 2.27 bits per heavy atom. The van der Waals surface area contributed by atoms with Crippen molar-refractivity contribution in [1.82, 2.24) is 0 Å². The standard InChI is InChI=1S/C23H27BrO6/c1-7-8-9-29-16-10-12(2)18(17(11-16)28-6)23(27)30-21-14(4)13(3)19(22(25)26)15(5)20(21)24/h10-11H,7-9H2,1-6H3,(H,25,26). The van der Waals surface area contributed by atoms with Crippen molar-refractivity contribution in [3.05, 3.63) is 50.0 Å². The largest absolute Gasteiger partial charge is 0.496 e. The number of ether oxygens (including phenoxy) is 3. The van der Waals surface area contributed by atoms with Gasteiger partial charge in [-0.2, -0.15) is 0 Å². The van der Waals surface area contributed by atoms with Crippen LogP contribution in [0.5, 0.6) is 17.2 Å². The van der Waals surface area contributed by atoms with E-state index in [-0.39, 0.29) is 5.56 Å². The maximum absolute atomic E-state index is 13.1. The van der Waals surface area contributed by atoms with Gasteiger partial charge in [0.15, 0.2) is 0 Å². The number of carbonyl (C=O) groups is 2. The molecule has 0 aliphatic rings. The summed E-state index contributed by atoms with van der Waals surface area (Å²) in [7, 11) is 1.48. The monoisotopic (exact) mass is 478 g/mol. The second-order valence-corrected chi connectivity index (χ2v) is 7.90. The predicted molar refractivity (Wildman–Crippen MR) is 118 cm³/mol. The van der Waals surface area contributed by atoms with Crippen LogP contribution in [0.2, 0.25) is 0 Å². The first-order valence-corrected chi connectivity index (χ1v) is 10.5. The van der Waals surface area contributed by atoms with Crippen molar-refractivity contribution < 1.29 is 28.9 Å². The zero-order valence-corrected chi connectivity index (χ0v) is 19.7. The van der Waals surface area contributed by atoms with Crippen LogP contribution in [0, 0.1) is 27.7 Å². The van der Waals surface area contributed by atoms with Crippen molar-refractivity contribution in [3.63, 3.8) is 0 Å². The van der Waals surface area contributed by atoms with Crippen LogP contribution in [-0.2, 0) is 0 Å². The van der Waals surface area contributed by atoms with Crippen LogP contribution < -0.4 is 14.2 Å². The van der Waals surface area contributed by atoms with E-state index in [0.717, 1.165) is 12.8 Å². The van der Waals surface area contributed by atoms with Gasteiger partial charge in [-0.05, 0) is 78.4 Å². The molecule has 0 aliphatic carbocycles. The third-order valence-corrected chi connectivity index (χ3v) is 6.01. The number of carbonyl (C=O) groups excluding carboxylic acids is 1. The minimum Gasteiger partial charge on any atom is -0.496 e. The maximum atomic E-state index is 13.1. The lowest BCUT2D eigenvalue weighted by Gasteiger charge is -2.18. The Kier molecular flexibility index (Phi) is 7.89. The number of hydrogen-bond donors (Lipinski definition) is 1. The van der Waals surface area contributed by atoms with Crippen LogP contribution in [0.25, 0.3) is 0 Å². The van der Waals surface area contributed by atoms with E-state index >= 15 is 0 Å². The molecular formula is C23H27BrO6. The zero-order valence-electron chi connectivity index (χ0n) is 18.1. The summed E-state index contributed by atoms with van der Waals surface area (Å²) < 4.78 is 17.3. The first-order chi connectivity index (χ1) is 14.1. The molecule has 0 heterocycles. The third-order valence-electron chi connectivity index (χ3n) is 5.05. The van der Waals surface area contributed by atoms with Gasteiger partial charge in [-0.1, -0.05) is 13.3 Å². The lowest BCUT2D eigenvalue weighted by molar-refractivity contribution is 0.0694. The van der Waals surface area contributed by atoms with Gasteiger partial charge in [0, 0.05) is 6.07 Å². The van der Waals surface area contributed by atoms with Crippen molar-refractivity contribution in [2.45, 2.75) is 47.5 Å². The van der Waals surface area contributed by atoms with Crippen LogP contribution in [0.15, 0.2) is 16.6 Å². The molecule has 0 aliphatic heterocycles. The minimum absolute atomic E-state index is 0.196. The summed E-state index contributed by atoms with van der Waals surface area (Å²) in [5.41, 5.74) is 2.78. The molecule has 2 aromatic rings. The zero-order chi connectivity index (χ0) is 22.6. The Bertz CT molecular complexity index is 951. The van der Waals surface area contributed by atoms with Gasteiger partial charge in [-0.15, -0.1) is 0 Å². The number of carboxylic acid groups (broad SMARTS) is 1. The second-order valence-electron chi connectivity index (χ2n) is 7.11. The highest BCUT2D eigenvalue weighted by atomic mass is 79.9. The molecule has 2 rings (SSSR count). The Morgan fingerprint density at radius 2 is 1.70 bits per heavy atom. The van der Waals surface area contributed by atoms with Crippen LogP contribution in [0.3, 0.4) is 0 Å². The van der Waals surface area contributed by atoms with Crippen molar-refractivity contribution >= 4 is 27.9 Å². The van der Waals surface area contributed by atoms with Gasteiger partial charge in [0.2, 0.25) is 0 Å². The second kappa shape index (κ2) is 9.98. The number of unbranched alkanes of at least 4 members (excludes halogenated alkanes) is 1. The summed E-state index contributed by atoms with van der Waals surface area (Å²) in [5.74, 6) is -0.331. The van der Waals surface area contributed by atoms with Crippen molar-refractivity contribution in [2.75, 3.05) is 13.7 Å². The van der Waals surface area contributed by atoms with E-state index in [0.29, 0.717) is 56.1 Å². The molecule has 0 aromatic heterocycles. The van der Waals surface area contributed by atoms with Crippen LogP contribution in [0.1, 0.15) is 62.7 Å². The fourth-order valence-electron chi connectivity index (χ4n) is 3.23. The lowest BCUT2D eigenvalue weighted by atomic mass is 9.97. The number of rotatable bonds is 8. The summed E-state index contributed by atoms with van der Waals surface area (Å²) >= 11 is 3.39. The Hall–Kier alpha value is -2.54. The summed E-state index contributed by atoms with van der Waals surface area (Å²) in [6, 6.07) is 3.45. The quantitative estimate of drug-likeness (QED) is 0.293. The topological polar surface area (TPSA) is 82.1 Å². The normalized spacial score (nSPS) is 10.6. The summed E-state index contributed by atoms with van der Waals surface area (Å²) in [6.07, 6.45) is 1.96. The van der Waals surface area contributed by atoms with Gasteiger partial charge in [0.1, 0.15) is 22.8 Å². The molecule has 0 saturated carbocycles. The van der Waals surface area contributed by atoms with E-state index in [1.807, 2.05) is 0 Å². The molecule has 0 radical (unpaired) electrons. The number of methoxy groups -OCH3 is 1. The number of carboxylic acids is 1.